The third kappa shape index (κ3) is 5.34. The maximum Gasteiger partial charge on any atom is 0.311 e. The van der Waals surface area contributed by atoms with Gasteiger partial charge in [0.2, 0.25) is 5.91 Å². The molecule has 2 amide bonds. The van der Waals surface area contributed by atoms with Gasteiger partial charge in [0.05, 0.1) is 12.5 Å². The molecule has 27 heavy (non-hydrogen) atoms. The van der Waals surface area contributed by atoms with E-state index in [1.165, 1.54) is 0 Å². The summed E-state index contributed by atoms with van der Waals surface area (Å²) in [5, 5.41) is 5.89. The molecule has 1 aromatic carbocycles. The summed E-state index contributed by atoms with van der Waals surface area (Å²) in [5.74, 6) is -0.132. The first-order valence-corrected chi connectivity index (χ1v) is 8.94. The third-order valence-electron chi connectivity index (χ3n) is 4.19. The second-order valence-electron chi connectivity index (χ2n) is 6.20. The number of carbonyl (C=O) groups excluding carboxylic acids is 3. The molecule has 0 unspecified atom stereocenters. The van der Waals surface area contributed by atoms with Crippen molar-refractivity contribution < 1.29 is 23.5 Å². The zero-order chi connectivity index (χ0) is 19.2. The average molecular weight is 391 g/mol. The fraction of sp³-hybridized carbons (Fsp3) is 0.316. The summed E-state index contributed by atoms with van der Waals surface area (Å²) in [6.07, 6.45) is 0.729. The first-order chi connectivity index (χ1) is 13.0. The van der Waals surface area contributed by atoms with Crippen molar-refractivity contribution in [3.8, 4) is 11.3 Å². The van der Waals surface area contributed by atoms with Gasteiger partial charge in [-0.15, -0.1) is 0 Å². The standard InChI is InChI=1S/C19H19ClN2O5/c20-14-4-1-12(2-5-14)16-7-6-15(27-16)10-22-18(24)11-26-19(25)13-3-8-17(23)21-9-13/h1-2,4-7,13H,3,8-11H2,(H,21,23)(H,22,24)/t13-/m0/s1. The minimum Gasteiger partial charge on any atom is -0.459 e. The second-order valence-corrected chi connectivity index (χ2v) is 6.63. The van der Waals surface area contributed by atoms with Crippen molar-refractivity contribution in [3.05, 3.63) is 47.2 Å². The topological polar surface area (TPSA) is 97.6 Å². The summed E-state index contributed by atoms with van der Waals surface area (Å²) in [7, 11) is 0. The van der Waals surface area contributed by atoms with Crippen LogP contribution >= 0.6 is 11.6 Å². The van der Waals surface area contributed by atoms with E-state index in [1.54, 1.807) is 18.2 Å². The van der Waals surface area contributed by atoms with E-state index in [1.807, 2.05) is 18.2 Å². The van der Waals surface area contributed by atoms with Gasteiger partial charge in [-0.1, -0.05) is 11.6 Å². The number of carbonyl (C=O) groups is 3. The number of esters is 1. The number of piperidine rings is 1. The molecular formula is C19H19ClN2O5. The molecule has 0 aliphatic carbocycles. The summed E-state index contributed by atoms with van der Waals surface area (Å²) in [4.78, 5) is 34.8. The highest BCUT2D eigenvalue weighted by molar-refractivity contribution is 6.30. The monoisotopic (exact) mass is 390 g/mol. The number of furan rings is 1. The highest BCUT2D eigenvalue weighted by Crippen LogP contribution is 2.23. The highest BCUT2D eigenvalue weighted by atomic mass is 35.5. The molecule has 0 bridgehead atoms. The number of hydrogen-bond donors (Lipinski definition) is 2. The van der Waals surface area contributed by atoms with Crippen LogP contribution in [0.3, 0.4) is 0 Å². The largest absolute Gasteiger partial charge is 0.459 e. The van der Waals surface area contributed by atoms with Crippen LogP contribution in [0.1, 0.15) is 18.6 Å². The molecule has 3 rings (SSSR count). The van der Waals surface area contributed by atoms with Gasteiger partial charge in [0.15, 0.2) is 6.61 Å². The van der Waals surface area contributed by atoms with Crippen LogP contribution in [-0.4, -0.2) is 30.9 Å². The lowest BCUT2D eigenvalue weighted by Crippen LogP contribution is -2.40. The van der Waals surface area contributed by atoms with E-state index >= 15 is 0 Å². The van der Waals surface area contributed by atoms with Crippen LogP contribution < -0.4 is 10.6 Å². The van der Waals surface area contributed by atoms with Gasteiger partial charge in [-0.25, -0.2) is 0 Å². The molecule has 1 atom stereocenters. The van der Waals surface area contributed by atoms with E-state index in [0.29, 0.717) is 29.4 Å². The molecule has 2 heterocycles. The molecule has 0 radical (unpaired) electrons. The Morgan fingerprint density at radius 2 is 2.00 bits per heavy atom. The number of benzene rings is 1. The van der Waals surface area contributed by atoms with Gasteiger partial charge in [-0.3, -0.25) is 14.4 Å². The molecule has 142 valence electrons. The molecule has 1 aliphatic heterocycles. The van der Waals surface area contributed by atoms with Gasteiger partial charge in [-0.05, 0) is 42.8 Å². The zero-order valence-corrected chi connectivity index (χ0v) is 15.3. The van der Waals surface area contributed by atoms with Crippen molar-refractivity contribution in [2.75, 3.05) is 13.2 Å². The summed E-state index contributed by atoms with van der Waals surface area (Å²) >= 11 is 5.86. The van der Waals surface area contributed by atoms with Crippen LogP contribution in [0.4, 0.5) is 0 Å². The Labute approximate surface area is 161 Å². The van der Waals surface area contributed by atoms with Crippen LogP contribution in [0.2, 0.25) is 5.02 Å². The molecule has 0 spiro atoms. The summed E-state index contributed by atoms with van der Waals surface area (Å²) in [6.45, 7) is 0.0661. The highest BCUT2D eigenvalue weighted by Gasteiger charge is 2.26. The molecular weight excluding hydrogens is 372 g/mol. The Morgan fingerprint density at radius 1 is 1.22 bits per heavy atom. The van der Waals surface area contributed by atoms with Gasteiger partial charge in [0.25, 0.3) is 5.91 Å². The number of halogens is 1. The Kier molecular flexibility index (Phi) is 6.13. The SMILES string of the molecule is O=C1CC[C@H](C(=O)OCC(=O)NCc2ccc(-c3ccc(Cl)cc3)o2)CN1. The minimum atomic E-state index is -0.479. The Hall–Kier alpha value is -2.80. The van der Waals surface area contributed by atoms with E-state index in [2.05, 4.69) is 10.6 Å². The molecule has 1 saturated heterocycles. The molecule has 2 N–H and O–H groups in total. The molecule has 0 saturated carbocycles. The van der Waals surface area contributed by atoms with Gasteiger partial charge in [0, 0.05) is 23.6 Å². The Morgan fingerprint density at radius 3 is 2.70 bits per heavy atom. The van der Waals surface area contributed by atoms with Crippen molar-refractivity contribution in [2.45, 2.75) is 19.4 Å². The van der Waals surface area contributed by atoms with Crippen molar-refractivity contribution in [3.63, 3.8) is 0 Å². The van der Waals surface area contributed by atoms with Crippen LogP contribution in [-0.2, 0) is 25.7 Å². The third-order valence-corrected chi connectivity index (χ3v) is 4.45. The van der Waals surface area contributed by atoms with Gasteiger partial charge < -0.3 is 19.8 Å². The van der Waals surface area contributed by atoms with Gasteiger partial charge in [0.1, 0.15) is 11.5 Å². The summed E-state index contributed by atoms with van der Waals surface area (Å²) < 4.78 is 10.7. The second kappa shape index (κ2) is 8.73. The first kappa shape index (κ1) is 19.0. The summed E-state index contributed by atoms with van der Waals surface area (Å²) in [5.41, 5.74) is 0.880. The maximum absolute atomic E-state index is 11.9. The number of hydrogen-bond acceptors (Lipinski definition) is 5. The van der Waals surface area contributed by atoms with E-state index in [-0.39, 0.29) is 25.6 Å². The normalized spacial score (nSPS) is 16.5. The van der Waals surface area contributed by atoms with Crippen molar-refractivity contribution in [1.82, 2.24) is 10.6 Å². The Bertz CT molecular complexity index is 821. The first-order valence-electron chi connectivity index (χ1n) is 8.56. The zero-order valence-electron chi connectivity index (χ0n) is 14.5. The van der Waals surface area contributed by atoms with E-state index in [4.69, 9.17) is 20.8 Å². The van der Waals surface area contributed by atoms with Crippen LogP contribution in [0, 0.1) is 5.92 Å². The number of ether oxygens (including phenoxy) is 1. The van der Waals surface area contributed by atoms with Crippen LogP contribution in [0.25, 0.3) is 11.3 Å². The lowest BCUT2D eigenvalue weighted by molar-refractivity contribution is -0.153. The van der Waals surface area contributed by atoms with E-state index in [0.717, 1.165) is 5.56 Å². The summed E-state index contributed by atoms with van der Waals surface area (Å²) in [6, 6.07) is 10.8. The maximum atomic E-state index is 11.9. The van der Waals surface area contributed by atoms with Crippen LogP contribution in [0.5, 0.6) is 0 Å². The smallest absolute Gasteiger partial charge is 0.311 e. The van der Waals surface area contributed by atoms with Gasteiger partial charge >= 0.3 is 5.97 Å². The number of rotatable bonds is 6. The van der Waals surface area contributed by atoms with Crippen LogP contribution in [0.15, 0.2) is 40.8 Å². The minimum absolute atomic E-state index is 0.0757. The van der Waals surface area contributed by atoms with Crippen molar-refractivity contribution in [1.29, 1.82) is 0 Å². The molecule has 1 aromatic heterocycles. The fourth-order valence-electron chi connectivity index (χ4n) is 2.67. The molecule has 1 aliphatic rings. The average Bonchev–Trinajstić information content (AvgIpc) is 3.14. The lowest BCUT2D eigenvalue weighted by Gasteiger charge is -2.20. The number of amides is 2. The van der Waals surface area contributed by atoms with E-state index < -0.39 is 17.8 Å². The molecule has 7 nitrogen and oxygen atoms in total. The van der Waals surface area contributed by atoms with E-state index in [9.17, 15) is 14.4 Å². The number of nitrogens with one attached hydrogen (secondary N) is 2. The molecule has 2 aromatic rings. The predicted octanol–water partition coefficient (Wildman–Crippen LogP) is 2.29. The van der Waals surface area contributed by atoms with Gasteiger partial charge in [-0.2, -0.15) is 0 Å². The predicted molar refractivity (Wildman–Crippen MR) is 97.7 cm³/mol. The van der Waals surface area contributed by atoms with Crippen molar-refractivity contribution >= 4 is 29.4 Å². The Balaban J connectivity index is 1.42. The fourth-order valence-corrected chi connectivity index (χ4v) is 2.79. The van der Waals surface area contributed by atoms with Crippen molar-refractivity contribution in [2.24, 2.45) is 5.92 Å². The molecule has 1 fully saturated rings. The molecule has 8 heteroatoms. The lowest BCUT2D eigenvalue weighted by atomic mass is 10.00. The quantitative estimate of drug-likeness (QED) is 0.737.